The molecular weight excluding hydrogens is 374 g/mol. The normalized spacial score (nSPS) is 16.3. The summed E-state index contributed by atoms with van der Waals surface area (Å²) in [4.78, 5) is 4.42. The minimum Gasteiger partial charge on any atom is -0.493 e. The van der Waals surface area contributed by atoms with E-state index in [-0.39, 0.29) is 12.9 Å². The van der Waals surface area contributed by atoms with Gasteiger partial charge in [0.15, 0.2) is 23.0 Å². The number of epoxide rings is 1. The molecule has 1 N–H and O–H groups in total. The molecule has 8 nitrogen and oxygen atoms in total. The van der Waals surface area contributed by atoms with E-state index in [1.165, 1.54) is 6.20 Å². The van der Waals surface area contributed by atoms with E-state index in [9.17, 15) is 5.26 Å². The van der Waals surface area contributed by atoms with Gasteiger partial charge < -0.3 is 29.0 Å². The van der Waals surface area contributed by atoms with Crippen molar-refractivity contribution in [3.05, 3.63) is 42.1 Å². The molecule has 0 aliphatic carbocycles. The minimum absolute atomic E-state index is 0.129. The third-order valence-corrected chi connectivity index (χ3v) is 4.76. The highest BCUT2D eigenvalue weighted by molar-refractivity contribution is 5.98. The molecule has 3 heterocycles. The van der Waals surface area contributed by atoms with Crippen molar-refractivity contribution in [2.24, 2.45) is 0 Å². The molecule has 2 aliphatic rings. The Morgan fingerprint density at radius 3 is 2.97 bits per heavy atom. The molecule has 1 aromatic heterocycles. The number of anilines is 2. The summed E-state index contributed by atoms with van der Waals surface area (Å²) in [6, 6.07) is 11.4. The van der Waals surface area contributed by atoms with Crippen molar-refractivity contribution < 1.29 is 23.7 Å². The molecule has 0 radical (unpaired) electrons. The van der Waals surface area contributed by atoms with Crippen molar-refractivity contribution in [2.75, 3.05) is 32.4 Å². The molecular formula is C21H17N3O5. The summed E-state index contributed by atoms with van der Waals surface area (Å²) in [6.07, 6.45) is 1.66. The summed E-state index contributed by atoms with van der Waals surface area (Å²) in [7, 11) is 1.57. The number of fused-ring (bicyclic) bond motifs is 2. The second kappa shape index (κ2) is 7.04. The molecule has 0 bridgehead atoms. The van der Waals surface area contributed by atoms with Gasteiger partial charge in [-0.25, -0.2) is 0 Å². The van der Waals surface area contributed by atoms with E-state index in [2.05, 4.69) is 16.4 Å². The molecule has 1 atom stereocenters. The molecule has 2 aliphatic heterocycles. The van der Waals surface area contributed by atoms with Crippen molar-refractivity contribution in [1.82, 2.24) is 4.98 Å². The van der Waals surface area contributed by atoms with Gasteiger partial charge >= 0.3 is 0 Å². The fourth-order valence-corrected chi connectivity index (χ4v) is 3.20. The zero-order valence-corrected chi connectivity index (χ0v) is 15.6. The van der Waals surface area contributed by atoms with Crippen molar-refractivity contribution in [3.8, 4) is 29.1 Å². The Bertz CT molecular complexity index is 1140. The summed E-state index contributed by atoms with van der Waals surface area (Å²) in [5, 5.41) is 13.7. The monoisotopic (exact) mass is 391 g/mol. The van der Waals surface area contributed by atoms with E-state index in [1.807, 2.05) is 24.3 Å². The van der Waals surface area contributed by atoms with Crippen LogP contribution in [-0.4, -0.2) is 38.2 Å². The number of nitrogens with zero attached hydrogens (tertiary/aromatic N) is 2. The van der Waals surface area contributed by atoms with Crippen LogP contribution in [0.5, 0.6) is 23.0 Å². The number of methoxy groups -OCH3 is 1. The Morgan fingerprint density at radius 2 is 2.17 bits per heavy atom. The van der Waals surface area contributed by atoms with E-state index >= 15 is 0 Å². The zero-order chi connectivity index (χ0) is 19.8. The van der Waals surface area contributed by atoms with Crippen LogP contribution in [0.15, 0.2) is 36.5 Å². The predicted molar refractivity (Wildman–Crippen MR) is 104 cm³/mol. The maximum absolute atomic E-state index is 9.63. The third-order valence-electron chi connectivity index (χ3n) is 4.76. The lowest BCUT2D eigenvalue weighted by Crippen LogP contribution is -2.05. The number of aromatic nitrogens is 1. The Morgan fingerprint density at radius 1 is 1.28 bits per heavy atom. The highest BCUT2D eigenvalue weighted by atomic mass is 16.7. The van der Waals surface area contributed by atoms with E-state index in [1.54, 1.807) is 13.2 Å². The van der Waals surface area contributed by atoms with Crippen LogP contribution in [-0.2, 0) is 4.74 Å². The predicted octanol–water partition coefficient (Wildman–Crippen LogP) is 3.36. The molecule has 29 heavy (non-hydrogen) atoms. The molecule has 0 spiro atoms. The second-order valence-electron chi connectivity index (χ2n) is 6.61. The highest BCUT2D eigenvalue weighted by Gasteiger charge is 2.24. The number of rotatable bonds is 6. The smallest absolute Gasteiger partial charge is 0.231 e. The number of pyridine rings is 1. The fourth-order valence-electron chi connectivity index (χ4n) is 3.20. The summed E-state index contributed by atoms with van der Waals surface area (Å²) in [6.45, 7) is 1.33. The van der Waals surface area contributed by atoms with E-state index in [0.717, 1.165) is 5.39 Å². The van der Waals surface area contributed by atoms with Crippen molar-refractivity contribution in [3.63, 3.8) is 0 Å². The van der Waals surface area contributed by atoms with Crippen LogP contribution in [0.4, 0.5) is 11.4 Å². The van der Waals surface area contributed by atoms with Crippen LogP contribution in [0.3, 0.4) is 0 Å². The van der Waals surface area contributed by atoms with Gasteiger partial charge in [0, 0.05) is 17.6 Å². The minimum atomic E-state index is 0.129. The topological polar surface area (TPSA) is 98.2 Å². The van der Waals surface area contributed by atoms with Crippen LogP contribution in [0.25, 0.3) is 10.9 Å². The number of hydrogen-bond donors (Lipinski definition) is 1. The lowest BCUT2D eigenvalue weighted by molar-refractivity contribution is 0.174. The number of ether oxygens (including phenoxy) is 5. The lowest BCUT2D eigenvalue weighted by atomic mass is 10.1. The van der Waals surface area contributed by atoms with Gasteiger partial charge in [0.2, 0.25) is 6.79 Å². The molecule has 8 heteroatoms. The largest absolute Gasteiger partial charge is 0.493 e. The van der Waals surface area contributed by atoms with Crippen LogP contribution in [0.1, 0.15) is 5.56 Å². The van der Waals surface area contributed by atoms with Crippen LogP contribution >= 0.6 is 0 Å². The van der Waals surface area contributed by atoms with Crippen LogP contribution in [0, 0.1) is 11.3 Å². The summed E-state index contributed by atoms with van der Waals surface area (Å²) in [5.74, 6) is 2.40. The van der Waals surface area contributed by atoms with Gasteiger partial charge in [0.05, 0.1) is 36.2 Å². The summed E-state index contributed by atoms with van der Waals surface area (Å²) < 4.78 is 27.5. The van der Waals surface area contributed by atoms with Crippen LogP contribution < -0.4 is 24.3 Å². The standard InChI is InChI=1S/C21H17N3O5/c1-25-18-5-14-16(6-19(18)27-10-13-9-26-13)23-8-12(7-22)20(14)24-15-3-2-4-17-21(15)29-11-28-17/h2-6,8,13H,9-11H2,1H3,(H,23,24). The molecule has 2 aromatic carbocycles. The summed E-state index contributed by atoms with van der Waals surface area (Å²) >= 11 is 0. The highest BCUT2D eigenvalue weighted by Crippen LogP contribution is 2.43. The Labute approximate surface area is 166 Å². The molecule has 5 rings (SSSR count). The zero-order valence-electron chi connectivity index (χ0n) is 15.6. The third kappa shape index (κ3) is 3.22. The molecule has 0 amide bonds. The quantitative estimate of drug-likeness (QED) is 0.639. The maximum Gasteiger partial charge on any atom is 0.231 e. The number of nitriles is 1. The van der Waals surface area contributed by atoms with Crippen molar-refractivity contribution in [2.45, 2.75) is 6.10 Å². The molecule has 3 aromatic rings. The van der Waals surface area contributed by atoms with Crippen LogP contribution in [0.2, 0.25) is 0 Å². The van der Waals surface area contributed by atoms with Gasteiger partial charge in [-0.2, -0.15) is 5.26 Å². The Kier molecular flexibility index (Phi) is 4.22. The average molecular weight is 391 g/mol. The van der Waals surface area contributed by atoms with E-state index in [0.29, 0.717) is 58.7 Å². The maximum atomic E-state index is 9.63. The van der Waals surface area contributed by atoms with Gasteiger partial charge in [-0.1, -0.05) is 6.07 Å². The van der Waals surface area contributed by atoms with Crippen molar-refractivity contribution >= 4 is 22.3 Å². The number of nitrogens with one attached hydrogen (secondary N) is 1. The van der Waals surface area contributed by atoms with E-state index < -0.39 is 0 Å². The first-order chi connectivity index (χ1) is 14.3. The molecule has 146 valence electrons. The van der Waals surface area contributed by atoms with Gasteiger partial charge in [-0.05, 0) is 18.2 Å². The van der Waals surface area contributed by atoms with Gasteiger partial charge in [0.25, 0.3) is 0 Å². The lowest BCUT2D eigenvalue weighted by Gasteiger charge is -2.16. The Balaban J connectivity index is 1.59. The van der Waals surface area contributed by atoms with Gasteiger partial charge in [0.1, 0.15) is 18.8 Å². The second-order valence-corrected chi connectivity index (χ2v) is 6.61. The fraction of sp³-hybridized carbons (Fsp3) is 0.238. The summed E-state index contributed by atoms with van der Waals surface area (Å²) in [5.41, 5.74) is 2.38. The molecule has 1 fully saturated rings. The SMILES string of the molecule is COc1cc2c(Nc3cccc4c3OCO4)c(C#N)cnc2cc1OCC1CO1. The van der Waals surface area contributed by atoms with E-state index in [4.69, 9.17) is 23.7 Å². The number of benzene rings is 2. The molecule has 1 unspecified atom stereocenters. The number of para-hydroxylation sites is 1. The van der Waals surface area contributed by atoms with Gasteiger partial charge in [-0.15, -0.1) is 0 Å². The molecule has 0 saturated carbocycles. The van der Waals surface area contributed by atoms with Gasteiger partial charge in [-0.3, -0.25) is 4.98 Å². The first kappa shape index (κ1) is 17.4. The number of hydrogen-bond acceptors (Lipinski definition) is 8. The molecule has 1 saturated heterocycles. The first-order valence-electron chi connectivity index (χ1n) is 9.07. The Hall–Kier alpha value is -3.70. The average Bonchev–Trinajstić information content (AvgIpc) is 3.46. The first-order valence-corrected chi connectivity index (χ1v) is 9.07. The van der Waals surface area contributed by atoms with Crippen molar-refractivity contribution in [1.29, 1.82) is 5.26 Å².